The zero-order chi connectivity index (χ0) is 19.0. The van der Waals surface area contributed by atoms with Gasteiger partial charge in [0.25, 0.3) is 5.91 Å². The maximum atomic E-state index is 12.9. The molecule has 0 saturated carbocycles. The molecule has 1 saturated heterocycles. The van der Waals surface area contributed by atoms with Gasteiger partial charge in [0.2, 0.25) is 10.0 Å². The van der Waals surface area contributed by atoms with E-state index in [0.717, 1.165) is 36.9 Å². The highest BCUT2D eigenvalue weighted by Gasteiger charge is 2.31. The van der Waals surface area contributed by atoms with Crippen molar-refractivity contribution in [2.75, 3.05) is 13.1 Å². The van der Waals surface area contributed by atoms with Crippen molar-refractivity contribution < 1.29 is 13.2 Å². The van der Waals surface area contributed by atoms with Crippen LogP contribution in [0.4, 0.5) is 0 Å². The van der Waals surface area contributed by atoms with Gasteiger partial charge < -0.3 is 4.90 Å². The third kappa shape index (κ3) is 3.39. The van der Waals surface area contributed by atoms with Crippen LogP contribution in [0.15, 0.2) is 35.4 Å². The monoisotopic (exact) mass is 388 g/mol. The second-order valence-corrected chi connectivity index (χ2v) is 9.23. The number of aromatic amines is 1. The number of H-pyrrole nitrogens is 1. The average molecular weight is 388 g/mol. The first-order chi connectivity index (χ1) is 13.0. The molecule has 3 heterocycles. The summed E-state index contributed by atoms with van der Waals surface area (Å²) in [5, 5.41) is 6.98. The number of hydrogen-bond acceptors (Lipinski definition) is 4. The summed E-state index contributed by atoms with van der Waals surface area (Å²) in [5.41, 5.74) is 2.62. The standard InChI is InChI=1S/C19H24N4O3S/c1-14-4-2-3-10-23(14)27(25,26)17-7-5-15(6-8-17)19(24)22-11-9-18-16(13-22)12-20-21-18/h5-8,12,14H,2-4,9-11,13H2,1H3,(H,20,21). The van der Waals surface area contributed by atoms with E-state index in [1.54, 1.807) is 39.7 Å². The highest BCUT2D eigenvalue weighted by Crippen LogP contribution is 2.26. The van der Waals surface area contributed by atoms with Crippen molar-refractivity contribution in [2.24, 2.45) is 0 Å². The van der Waals surface area contributed by atoms with Gasteiger partial charge in [0, 0.05) is 48.9 Å². The Labute approximate surface area is 159 Å². The van der Waals surface area contributed by atoms with E-state index < -0.39 is 10.0 Å². The lowest BCUT2D eigenvalue weighted by Gasteiger charge is -2.32. The van der Waals surface area contributed by atoms with E-state index >= 15 is 0 Å². The molecule has 0 spiro atoms. The van der Waals surface area contributed by atoms with Gasteiger partial charge in [-0.25, -0.2) is 8.42 Å². The molecule has 27 heavy (non-hydrogen) atoms. The molecule has 7 nitrogen and oxygen atoms in total. The van der Waals surface area contributed by atoms with Gasteiger partial charge in [-0.1, -0.05) is 6.42 Å². The fourth-order valence-corrected chi connectivity index (χ4v) is 5.61. The molecule has 1 unspecified atom stereocenters. The van der Waals surface area contributed by atoms with Crippen molar-refractivity contribution in [1.29, 1.82) is 0 Å². The number of amides is 1. The van der Waals surface area contributed by atoms with Crippen LogP contribution in [0.1, 0.15) is 47.8 Å². The van der Waals surface area contributed by atoms with Crippen molar-refractivity contribution in [3.05, 3.63) is 47.3 Å². The van der Waals surface area contributed by atoms with Gasteiger partial charge >= 0.3 is 0 Å². The zero-order valence-electron chi connectivity index (χ0n) is 15.4. The Morgan fingerprint density at radius 1 is 1.19 bits per heavy atom. The molecular formula is C19H24N4O3S. The summed E-state index contributed by atoms with van der Waals surface area (Å²) >= 11 is 0. The maximum absolute atomic E-state index is 12.9. The number of sulfonamides is 1. The quantitative estimate of drug-likeness (QED) is 0.873. The molecule has 2 aliphatic rings. The van der Waals surface area contributed by atoms with Crippen molar-refractivity contribution in [3.63, 3.8) is 0 Å². The molecule has 144 valence electrons. The number of nitrogens with one attached hydrogen (secondary N) is 1. The van der Waals surface area contributed by atoms with Gasteiger partial charge in [-0.05, 0) is 44.0 Å². The Morgan fingerprint density at radius 3 is 2.70 bits per heavy atom. The Balaban J connectivity index is 1.51. The summed E-state index contributed by atoms with van der Waals surface area (Å²) < 4.78 is 27.4. The molecule has 1 aromatic carbocycles. The molecule has 2 aliphatic heterocycles. The van der Waals surface area contributed by atoms with Crippen molar-refractivity contribution in [3.8, 4) is 0 Å². The number of piperidine rings is 1. The van der Waals surface area contributed by atoms with E-state index in [1.165, 1.54) is 0 Å². The molecule has 1 fully saturated rings. The first kappa shape index (κ1) is 18.2. The lowest BCUT2D eigenvalue weighted by molar-refractivity contribution is 0.0734. The Morgan fingerprint density at radius 2 is 1.96 bits per heavy atom. The smallest absolute Gasteiger partial charge is 0.254 e. The number of aromatic nitrogens is 2. The minimum Gasteiger partial charge on any atom is -0.334 e. The predicted octanol–water partition coefficient (Wildman–Crippen LogP) is 2.17. The molecule has 8 heteroatoms. The minimum atomic E-state index is -3.51. The molecule has 1 atom stereocenters. The highest BCUT2D eigenvalue weighted by atomic mass is 32.2. The summed E-state index contributed by atoms with van der Waals surface area (Å²) in [6.07, 6.45) is 5.35. The molecule has 4 rings (SSSR count). The zero-order valence-corrected chi connectivity index (χ0v) is 16.2. The third-order valence-electron chi connectivity index (χ3n) is 5.54. The number of rotatable bonds is 3. The van der Waals surface area contributed by atoms with Gasteiger partial charge in [0.05, 0.1) is 11.1 Å². The Hall–Kier alpha value is -2.19. The van der Waals surface area contributed by atoms with Crippen LogP contribution in [0.25, 0.3) is 0 Å². The fraction of sp³-hybridized carbons (Fsp3) is 0.474. The van der Waals surface area contributed by atoms with E-state index in [2.05, 4.69) is 10.2 Å². The van der Waals surface area contributed by atoms with Crippen LogP contribution in [0.2, 0.25) is 0 Å². The van der Waals surface area contributed by atoms with Crippen LogP contribution >= 0.6 is 0 Å². The number of hydrogen-bond donors (Lipinski definition) is 1. The van der Waals surface area contributed by atoms with Crippen molar-refractivity contribution >= 4 is 15.9 Å². The molecule has 0 bridgehead atoms. The number of fused-ring (bicyclic) bond motifs is 1. The van der Waals surface area contributed by atoms with E-state index in [0.29, 0.717) is 25.2 Å². The van der Waals surface area contributed by atoms with Crippen LogP contribution in [0.3, 0.4) is 0 Å². The average Bonchev–Trinajstić information content (AvgIpc) is 3.15. The second-order valence-electron chi connectivity index (χ2n) is 7.34. The van der Waals surface area contributed by atoms with Crippen LogP contribution < -0.4 is 0 Å². The molecule has 0 radical (unpaired) electrons. The number of nitrogens with zero attached hydrogens (tertiary/aromatic N) is 3. The molecule has 0 aliphatic carbocycles. The van der Waals surface area contributed by atoms with Gasteiger partial charge in [-0.15, -0.1) is 0 Å². The van der Waals surface area contributed by atoms with Crippen molar-refractivity contribution in [1.82, 2.24) is 19.4 Å². The topological polar surface area (TPSA) is 86.4 Å². The van der Waals surface area contributed by atoms with E-state index in [9.17, 15) is 13.2 Å². The van der Waals surface area contributed by atoms with Gasteiger partial charge in [-0.2, -0.15) is 9.40 Å². The van der Waals surface area contributed by atoms with E-state index in [-0.39, 0.29) is 16.8 Å². The summed E-state index contributed by atoms with van der Waals surface area (Å²) in [7, 11) is -3.51. The molecule has 2 aromatic rings. The largest absolute Gasteiger partial charge is 0.334 e. The minimum absolute atomic E-state index is 0.0163. The fourth-order valence-electron chi connectivity index (χ4n) is 3.91. The predicted molar refractivity (Wildman–Crippen MR) is 101 cm³/mol. The number of carbonyl (C=O) groups excluding carboxylic acids is 1. The van der Waals surface area contributed by atoms with Crippen molar-refractivity contribution in [2.45, 2.75) is 50.1 Å². The van der Waals surface area contributed by atoms with E-state index in [4.69, 9.17) is 0 Å². The van der Waals surface area contributed by atoms with Crippen LogP contribution in [0.5, 0.6) is 0 Å². The number of carbonyl (C=O) groups is 1. The summed E-state index contributed by atoms with van der Waals surface area (Å²) in [5.74, 6) is -0.0860. The molecule has 1 aromatic heterocycles. The van der Waals surface area contributed by atoms with E-state index in [1.807, 2.05) is 6.92 Å². The maximum Gasteiger partial charge on any atom is 0.254 e. The lowest BCUT2D eigenvalue weighted by atomic mass is 10.1. The third-order valence-corrected chi connectivity index (χ3v) is 7.57. The summed E-state index contributed by atoms with van der Waals surface area (Å²) in [6.45, 7) is 3.66. The van der Waals surface area contributed by atoms with Crippen LogP contribution in [0, 0.1) is 0 Å². The first-order valence-electron chi connectivity index (χ1n) is 9.39. The summed E-state index contributed by atoms with van der Waals surface area (Å²) in [4.78, 5) is 14.8. The van der Waals surface area contributed by atoms with Gasteiger partial charge in [0.1, 0.15) is 0 Å². The highest BCUT2D eigenvalue weighted by molar-refractivity contribution is 7.89. The summed E-state index contributed by atoms with van der Waals surface area (Å²) in [6, 6.07) is 6.36. The molecule has 1 N–H and O–H groups in total. The first-order valence-corrected chi connectivity index (χ1v) is 10.8. The normalized spacial score (nSPS) is 21.1. The Kier molecular flexibility index (Phi) is 4.77. The molecular weight excluding hydrogens is 364 g/mol. The Bertz CT molecular complexity index is 936. The lowest BCUT2D eigenvalue weighted by Crippen LogP contribution is -2.41. The second kappa shape index (κ2) is 7.09. The molecule has 1 amide bonds. The number of benzene rings is 1. The SMILES string of the molecule is CC1CCCCN1S(=O)(=O)c1ccc(C(=O)N2CCc3[nH]ncc3C2)cc1. The van der Waals surface area contributed by atoms with Crippen LogP contribution in [-0.4, -0.2) is 52.9 Å². The van der Waals surface area contributed by atoms with Gasteiger partial charge in [0.15, 0.2) is 0 Å². The van der Waals surface area contributed by atoms with Gasteiger partial charge in [-0.3, -0.25) is 9.89 Å². The van der Waals surface area contributed by atoms with Crippen LogP contribution in [-0.2, 0) is 23.0 Å².